The number of halogens is 1. The summed E-state index contributed by atoms with van der Waals surface area (Å²) in [5.74, 6) is -0.862. The van der Waals surface area contributed by atoms with E-state index in [0.717, 1.165) is 4.90 Å². The zero-order chi connectivity index (χ0) is 28.1. The number of carbonyl (C=O) groups excluding carboxylic acids is 2. The highest BCUT2D eigenvalue weighted by Gasteiger charge is 2.39. The molecule has 0 radical (unpaired) electrons. The maximum absolute atomic E-state index is 15.0. The van der Waals surface area contributed by atoms with Crippen LogP contribution in [0.2, 0.25) is 0 Å². The molecule has 0 spiro atoms. The van der Waals surface area contributed by atoms with Crippen LogP contribution in [-0.2, 0) is 11.3 Å². The summed E-state index contributed by atoms with van der Waals surface area (Å²) in [4.78, 5) is 33.5. The number of fused-ring (bicyclic) bond motifs is 1. The number of pyridine rings is 1. The Morgan fingerprint density at radius 2 is 2.05 bits per heavy atom. The fourth-order valence-corrected chi connectivity index (χ4v) is 4.89. The van der Waals surface area contributed by atoms with Crippen LogP contribution in [0.25, 0.3) is 16.9 Å². The van der Waals surface area contributed by atoms with E-state index < -0.39 is 29.5 Å². The van der Waals surface area contributed by atoms with E-state index in [1.165, 1.54) is 28.9 Å². The van der Waals surface area contributed by atoms with Crippen molar-refractivity contribution >= 4 is 17.8 Å². The van der Waals surface area contributed by atoms with Gasteiger partial charge in [0.25, 0.3) is 5.91 Å². The van der Waals surface area contributed by atoms with Crippen molar-refractivity contribution in [3.05, 3.63) is 59.2 Å². The Morgan fingerprint density at radius 1 is 1.28 bits per heavy atom. The molecule has 1 saturated heterocycles. The molecule has 2 N–H and O–H groups in total. The van der Waals surface area contributed by atoms with Crippen molar-refractivity contribution in [2.45, 2.75) is 51.5 Å². The number of aromatic nitrogens is 3. The van der Waals surface area contributed by atoms with Crippen LogP contribution in [0.1, 0.15) is 48.8 Å². The second-order valence-corrected chi connectivity index (χ2v) is 10.5. The summed E-state index contributed by atoms with van der Waals surface area (Å²) in [6.45, 7) is 4.94. The molecule has 2 aromatic heterocycles. The number of carbonyl (C=O) groups is 2. The van der Waals surface area contributed by atoms with Gasteiger partial charge in [-0.15, -0.1) is 0 Å². The largest absolute Gasteiger partial charge is 0.443 e. The topological polar surface area (TPSA) is 145 Å². The van der Waals surface area contributed by atoms with Crippen molar-refractivity contribution in [1.82, 2.24) is 19.7 Å². The first-order chi connectivity index (χ1) is 18.5. The van der Waals surface area contributed by atoms with E-state index in [-0.39, 0.29) is 59.5 Å². The third kappa shape index (κ3) is 4.82. The Labute approximate surface area is 223 Å². The van der Waals surface area contributed by atoms with Crippen molar-refractivity contribution in [2.24, 2.45) is 0 Å². The molecule has 5 rings (SSSR count). The third-order valence-electron chi connectivity index (χ3n) is 6.56. The number of β-amino-alcohol motifs (C(OH)–C–C–N with tert-alkyl or cyclic N) is 1. The average Bonchev–Trinajstić information content (AvgIpc) is 3.59. The number of nitriles is 1. The minimum absolute atomic E-state index is 0.0393. The van der Waals surface area contributed by atoms with Gasteiger partial charge in [0.15, 0.2) is 5.82 Å². The second-order valence-electron chi connectivity index (χ2n) is 10.5. The van der Waals surface area contributed by atoms with E-state index in [0.29, 0.717) is 12.2 Å². The predicted octanol–water partition coefficient (Wildman–Crippen LogP) is 2.77. The van der Waals surface area contributed by atoms with Crippen LogP contribution in [0, 0.1) is 17.1 Å². The Balaban J connectivity index is 1.64. The lowest BCUT2D eigenvalue weighted by Crippen LogP contribution is -2.37. The summed E-state index contributed by atoms with van der Waals surface area (Å²) >= 11 is 0. The van der Waals surface area contributed by atoms with Gasteiger partial charge in [-0.05, 0) is 45.4 Å². The molecule has 0 aliphatic carbocycles. The molecule has 39 heavy (non-hydrogen) atoms. The monoisotopic (exact) mass is 534 g/mol. The van der Waals surface area contributed by atoms with Gasteiger partial charge in [0, 0.05) is 18.8 Å². The van der Waals surface area contributed by atoms with Crippen molar-refractivity contribution in [2.75, 3.05) is 18.1 Å². The van der Waals surface area contributed by atoms with Crippen LogP contribution < -0.4 is 4.90 Å². The molecule has 1 aromatic carbocycles. The number of hydrogen-bond acceptors (Lipinski definition) is 9. The average molecular weight is 535 g/mol. The van der Waals surface area contributed by atoms with Gasteiger partial charge in [0.1, 0.15) is 11.4 Å². The van der Waals surface area contributed by atoms with E-state index in [4.69, 9.17) is 4.74 Å². The number of ether oxygens (including phenoxy) is 1. The van der Waals surface area contributed by atoms with Crippen molar-refractivity contribution < 1.29 is 28.9 Å². The van der Waals surface area contributed by atoms with Gasteiger partial charge >= 0.3 is 6.09 Å². The summed E-state index contributed by atoms with van der Waals surface area (Å²) in [5, 5.41) is 34.0. The van der Waals surface area contributed by atoms with Crippen LogP contribution >= 0.6 is 0 Å². The maximum Gasteiger partial charge on any atom is 0.417 e. The SMILES string of the molecule is CC(C)(C)OC(=O)N1Cc2nc(-c3c(F)cccc3C#N)cc(-n3ccc(N4C[C@H](O)C[C@H]4CO)n3)c2C1=O. The summed E-state index contributed by atoms with van der Waals surface area (Å²) in [6.07, 6.45) is 0.494. The lowest BCUT2D eigenvalue weighted by atomic mass is 10.0. The first kappa shape index (κ1) is 26.3. The van der Waals surface area contributed by atoms with Gasteiger partial charge in [0.05, 0.1) is 65.1 Å². The van der Waals surface area contributed by atoms with Crippen LogP contribution in [0.3, 0.4) is 0 Å². The zero-order valence-corrected chi connectivity index (χ0v) is 21.6. The molecule has 1 fully saturated rings. The van der Waals surface area contributed by atoms with Crippen molar-refractivity contribution in [1.29, 1.82) is 5.26 Å². The van der Waals surface area contributed by atoms with Crippen LogP contribution in [0.4, 0.5) is 15.0 Å². The minimum Gasteiger partial charge on any atom is -0.443 e. The smallest absolute Gasteiger partial charge is 0.417 e. The van der Waals surface area contributed by atoms with Gasteiger partial charge in [-0.25, -0.2) is 23.8 Å². The molecule has 2 amide bonds. The normalized spacial score (nSPS) is 18.8. The third-order valence-corrected chi connectivity index (χ3v) is 6.56. The molecule has 3 aromatic rings. The van der Waals surface area contributed by atoms with E-state index in [1.54, 1.807) is 37.9 Å². The number of imide groups is 1. The number of benzene rings is 1. The number of anilines is 1. The fourth-order valence-electron chi connectivity index (χ4n) is 4.89. The second kappa shape index (κ2) is 9.76. The number of aliphatic hydroxyl groups excluding tert-OH is 2. The molecule has 202 valence electrons. The van der Waals surface area contributed by atoms with Crippen LogP contribution in [0.15, 0.2) is 36.5 Å². The van der Waals surface area contributed by atoms with Gasteiger partial charge in [-0.2, -0.15) is 10.4 Å². The van der Waals surface area contributed by atoms with Gasteiger partial charge in [0.2, 0.25) is 0 Å². The van der Waals surface area contributed by atoms with E-state index in [9.17, 15) is 29.5 Å². The van der Waals surface area contributed by atoms with E-state index in [1.807, 2.05) is 6.07 Å². The molecule has 0 saturated carbocycles. The highest BCUT2D eigenvalue weighted by atomic mass is 19.1. The standard InChI is InChI=1S/C27H27FN6O5/c1-27(2,3)39-26(38)33-13-20-24(25(33)37)21(10-19(30-20)23-15(11-29)5-4-6-18(23)28)34-8-7-22(31-34)32-12-17(36)9-16(32)14-35/h4-8,10,16-17,35-36H,9,12-14H2,1-3H3/t16-,17+/m0/s1. The zero-order valence-electron chi connectivity index (χ0n) is 21.6. The van der Waals surface area contributed by atoms with Crippen molar-refractivity contribution in [3.63, 3.8) is 0 Å². The molecule has 11 nitrogen and oxygen atoms in total. The van der Waals surface area contributed by atoms with Crippen molar-refractivity contribution in [3.8, 4) is 23.0 Å². The maximum atomic E-state index is 15.0. The summed E-state index contributed by atoms with van der Waals surface area (Å²) in [6, 6.07) is 8.85. The number of nitrogens with zero attached hydrogens (tertiary/aromatic N) is 6. The Kier molecular flexibility index (Phi) is 6.57. The Bertz CT molecular complexity index is 1510. The number of amides is 2. The summed E-state index contributed by atoms with van der Waals surface area (Å²) in [7, 11) is 0. The van der Waals surface area contributed by atoms with Gasteiger partial charge in [-0.3, -0.25) is 4.79 Å². The molecular weight excluding hydrogens is 507 g/mol. The number of rotatable bonds is 4. The quantitative estimate of drug-likeness (QED) is 0.516. The molecule has 4 heterocycles. The molecule has 0 bridgehead atoms. The first-order valence-electron chi connectivity index (χ1n) is 12.4. The number of hydrogen-bond donors (Lipinski definition) is 2. The summed E-state index contributed by atoms with van der Waals surface area (Å²) < 4.78 is 21.8. The lowest BCUT2D eigenvalue weighted by molar-refractivity contribution is 0.0247. The molecular formula is C27H27FN6O5. The van der Waals surface area contributed by atoms with E-state index >= 15 is 0 Å². The van der Waals surface area contributed by atoms with Gasteiger partial charge < -0.3 is 19.8 Å². The van der Waals surface area contributed by atoms with E-state index in [2.05, 4.69) is 10.1 Å². The minimum atomic E-state index is -0.848. The fraction of sp³-hybridized carbons (Fsp3) is 0.370. The van der Waals surface area contributed by atoms with Crippen LogP contribution in [0.5, 0.6) is 0 Å². The predicted molar refractivity (Wildman–Crippen MR) is 136 cm³/mol. The highest BCUT2D eigenvalue weighted by Crippen LogP contribution is 2.35. The first-order valence-corrected chi connectivity index (χ1v) is 12.4. The van der Waals surface area contributed by atoms with Gasteiger partial charge in [-0.1, -0.05) is 6.07 Å². The molecule has 2 aliphatic heterocycles. The molecule has 2 aliphatic rings. The highest BCUT2D eigenvalue weighted by molar-refractivity contribution is 6.08. The molecule has 2 atom stereocenters. The summed E-state index contributed by atoms with van der Waals surface area (Å²) in [5.41, 5.74) is -0.212. The molecule has 0 unspecified atom stereocenters. The Hall–Kier alpha value is -4.34. The van der Waals surface area contributed by atoms with Crippen LogP contribution in [-0.4, -0.2) is 72.8 Å². The Morgan fingerprint density at radius 3 is 2.74 bits per heavy atom. The lowest BCUT2D eigenvalue weighted by Gasteiger charge is -2.23. The molecule has 12 heteroatoms. The number of aliphatic hydroxyl groups is 2.